The van der Waals surface area contributed by atoms with E-state index in [0.29, 0.717) is 23.0 Å². The van der Waals surface area contributed by atoms with E-state index in [9.17, 15) is 9.59 Å². The lowest BCUT2D eigenvalue weighted by Crippen LogP contribution is -2.29. The first-order valence-corrected chi connectivity index (χ1v) is 9.49. The number of aromatic nitrogens is 1. The van der Waals surface area contributed by atoms with Crippen molar-refractivity contribution in [1.29, 1.82) is 0 Å². The highest BCUT2D eigenvalue weighted by Gasteiger charge is 2.19. The summed E-state index contributed by atoms with van der Waals surface area (Å²) in [6.07, 6.45) is 6.88. The van der Waals surface area contributed by atoms with Crippen LogP contribution in [0.15, 0.2) is 47.3 Å². The first kappa shape index (κ1) is 19.1. The summed E-state index contributed by atoms with van der Waals surface area (Å²) in [5, 5.41) is 2.91. The average Bonchev–Trinajstić information content (AvgIpc) is 3.06. The van der Waals surface area contributed by atoms with Crippen LogP contribution < -0.4 is 10.9 Å². The minimum atomic E-state index is -0.175. The van der Waals surface area contributed by atoms with Gasteiger partial charge in [-0.25, -0.2) is 0 Å². The Kier molecular flexibility index (Phi) is 5.91. The van der Waals surface area contributed by atoms with Crippen LogP contribution in [0.5, 0.6) is 0 Å². The Morgan fingerprint density at radius 3 is 2.67 bits per heavy atom. The number of nitrogens with zero attached hydrogens (tertiary/aromatic N) is 1. The molecular formula is C22H27N3O2. The molecule has 0 saturated heterocycles. The zero-order chi connectivity index (χ0) is 19.4. The standard InChI is InChI=1S/C22H27N3O2/c1-4-6-19-7-5-12-25(19)14-17-8-10-18(11-9-17)22(27)24-21-15(2)13-20(26)23-16(21)3/h5,7-11,13,19H,4,6,12,14H2,1-3H3,(H,23,26)(H,24,27). The Balaban J connectivity index is 1.67. The van der Waals surface area contributed by atoms with E-state index in [1.165, 1.54) is 24.5 Å². The third-order valence-corrected chi connectivity index (χ3v) is 5.02. The van der Waals surface area contributed by atoms with Gasteiger partial charge in [-0.3, -0.25) is 14.5 Å². The van der Waals surface area contributed by atoms with Crippen LogP contribution in [0.3, 0.4) is 0 Å². The number of H-pyrrole nitrogens is 1. The molecule has 2 heterocycles. The van der Waals surface area contributed by atoms with E-state index in [1.807, 2.05) is 31.2 Å². The topological polar surface area (TPSA) is 65.2 Å². The molecule has 1 atom stereocenters. The maximum Gasteiger partial charge on any atom is 0.255 e. The van der Waals surface area contributed by atoms with Crippen molar-refractivity contribution in [3.05, 3.63) is 75.2 Å². The Morgan fingerprint density at radius 1 is 1.26 bits per heavy atom. The molecule has 5 heteroatoms. The first-order chi connectivity index (χ1) is 13.0. The molecule has 0 radical (unpaired) electrons. The van der Waals surface area contributed by atoms with E-state index < -0.39 is 0 Å². The predicted octanol–water partition coefficient (Wildman–Crippen LogP) is 3.78. The third kappa shape index (κ3) is 4.55. The normalized spacial score (nSPS) is 16.6. The van der Waals surface area contributed by atoms with Gasteiger partial charge in [-0.15, -0.1) is 0 Å². The van der Waals surface area contributed by atoms with Gasteiger partial charge in [0.05, 0.1) is 5.69 Å². The van der Waals surface area contributed by atoms with Crippen LogP contribution in [0.25, 0.3) is 0 Å². The van der Waals surface area contributed by atoms with Gasteiger partial charge in [0, 0.05) is 36.5 Å². The molecule has 0 aliphatic carbocycles. The summed E-state index contributed by atoms with van der Waals surface area (Å²) in [6.45, 7) is 7.68. The highest BCUT2D eigenvalue weighted by molar-refractivity contribution is 6.04. The number of amides is 1. The monoisotopic (exact) mass is 365 g/mol. The number of carbonyl (C=O) groups is 1. The molecule has 142 valence electrons. The molecule has 1 amide bonds. The summed E-state index contributed by atoms with van der Waals surface area (Å²) in [4.78, 5) is 29.2. The van der Waals surface area contributed by atoms with Crippen molar-refractivity contribution in [2.45, 2.75) is 46.2 Å². The Labute approximate surface area is 160 Å². The van der Waals surface area contributed by atoms with Crippen molar-refractivity contribution in [3.63, 3.8) is 0 Å². The maximum absolute atomic E-state index is 12.6. The minimum Gasteiger partial charge on any atom is -0.324 e. The Hall–Kier alpha value is -2.66. The number of rotatable bonds is 6. The molecule has 0 saturated carbocycles. The average molecular weight is 365 g/mol. The smallest absolute Gasteiger partial charge is 0.255 e. The van der Waals surface area contributed by atoms with Crippen LogP contribution in [-0.2, 0) is 6.54 Å². The summed E-state index contributed by atoms with van der Waals surface area (Å²) in [5.41, 5.74) is 3.72. The molecule has 3 rings (SSSR count). The predicted molar refractivity (Wildman–Crippen MR) is 109 cm³/mol. The second-order valence-corrected chi connectivity index (χ2v) is 7.18. The van der Waals surface area contributed by atoms with Crippen molar-refractivity contribution in [2.24, 2.45) is 0 Å². The van der Waals surface area contributed by atoms with E-state index in [2.05, 4.69) is 34.3 Å². The zero-order valence-corrected chi connectivity index (χ0v) is 16.2. The van der Waals surface area contributed by atoms with E-state index in [1.54, 1.807) is 6.92 Å². The van der Waals surface area contributed by atoms with Gasteiger partial charge in [0.15, 0.2) is 0 Å². The van der Waals surface area contributed by atoms with Crippen LogP contribution in [0.1, 0.15) is 46.9 Å². The number of aromatic amines is 1. The summed E-state index contributed by atoms with van der Waals surface area (Å²) >= 11 is 0. The molecule has 0 spiro atoms. The van der Waals surface area contributed by atoms with Crippen LogP contribution >= 0.6 is 0 Å². The maximum atomic E-state index is 12.6. The second kappa shape index (κ2) is 8.35. The van der Waals surface area contributed by atoms with Crippen LogP contribution in [0, 0.1) is 13.8 Å². The molecule has 0 bridgehead atoms. The largest absolute Gasteiger partial charge is 0.324 e. The summed E-state index contributed by atoms with van der Waals surface area (Å²) in [7, 11) is 0. The fourth-order valence-corrected chi connectivity index (χ4v) is 3.59. The van der Waals surface area contributed by atoms with Gasteiger partial charge in [-0.05, 0) is 43.5 Å². The molecule has 5 nitrogen and oxygen atoms in total. The lowest BCUT2D eigenvalue weighted by molar-refractivity contribution is 0.102. The van der Waals surface area contributed by atoms with Crippen molar-refractivity contribution in [1.82, 2.24) is 9.88 Å². The van der Waals surface area contributed by atoms with Crippen LogP contribution in [0.4, 0.5) is 5.69 Å². The molecule has 0 fully saturated rings. The van der Waals surface area contributed by atoms with Crippen molar-refractivity contribution in [2.75, 3.05) is 11.9 Å². The molecule has 1 aromatic heterocycles. The first-order valence-electron chi connectivity index (χ1n) is 9.49. The van der Waals surface area contributed by atoms with E-state index in [-0.39, 0.29) is 11.5 Å². The Morgan fingerprint density at radius 2 is 2.00 bits per heavy atom. The fourth-order valence-electron chi connectivity index (χ4n) is 3.59. The Bertz CT molecular complexity index is 871. The third-order valence-electron chi connectivity index (χ3n) is 5.02. The van der Waals surface area contributed by atoms with E-state index in [4.69, 9.17) is 0 Å². The summed E-state index contributed by atoms with van der Waals surface area (Å²) < 4.78 is 0. The van der Waals surface area contributed by atoms with Gasteiger partial charge in [-0.2, -0.15) is 0 Å². The number of anilines is 1. The SMILES string of the molecule is CCCC1C=CCN1Cc1ccc(C(=O)Nc2c(C)cc(=O)[nH]c2C)cc1. The van der Waals surface area contributed by atoms with Gasteiger partial charge in [-0.1, -0.05) is 37.6 Å². The number of hydrogen-bond donors (Lipinski definition) is 2. The van der Waals surface area contributed by atoms with Crippen LogP contribution in [0.2, 0.25) is 0 Å². The van der Waals surface area contributed by atoms with Gasteiger partial charge in [0.1, 0.15) is 0 Å². The molecular weight excluding hydrogens is 338 g/mol. The van der Waals surface area contributed by atoms with Crippen molar-refractivity contribution in [3.8, 4) is 0 Å². The van der Waals surface area contributed by atoms with E-state index in [0.717, 1.165) is 18.7 Å². The van der Waals surface area contributed by atoms with Gasteiger partial charge in [0.2, 0.25) is 5.56 Å². The zero-order valence-electron chi connectivity index (χ0n) is 16.2. The minimum absolute atomic E-state index is 0.162. The summed E-state index contributed by atoms with van der Waals surface area (Å²) in [5.74, 6) is -0.175. The quantitative estimate of drug-likeness (QED) is 0.766. The molecule has 27 heavy (non-hydrogen) atoms. The van der Waals surface area contributed by atoms with Gasteiger partial charge in [0.25, 0.3) is 5.91 Å². The van der Waals surface area contributed by atoms with Gasteiger partial charge >= 0.3 is 0 Å². The lowest BCUT2D eigenvalue weighted by atomic mass is 10.1. The number of aryl methyl sites for hydroxylation is 2. The van der Waals surface area contributed by atoms with Gasteiger partial charge < -0.3 is 10.3 Å². The lowest BCUT2D eigenvalue weighted by Gasteiger charge is -2.24. The number of hydrogen-bond acceptors (Lipinski definition) is 3. The molecule has 1 aliphatic rings. The molecule has 2 N–H and O–H groups in total. The number of nitrogens with one attached hydrogen (secondary N) is 2. The molecule has 1 aliphatic heterocycles. The van der Waals surface area contributed by atoms with Crippen molar-refractivity contribution < 1.29 is 4.79 Å². The molecule has 1 aromatic carbocycles. The number of carbonyl (C=O) groups excluding carboxylic acids is 1. The van der Waals surface area contributed by atoms with E-state index >= 15 is 0 Å². The second-order valence-electron chi connectivity index (χ2n) is 7.18. The molecule has 1 unspecified atom stereocenters. The molecule has 2 aromatic rings. The summed E-state index contributed by atoms with van der Waals surface area (Å²) in [6, 6.07) is 9.76. The fraction of sp³-hybridized carbons (Fsp3) is 0.364. The highest BCUT2D eigenvalue weighted by atomic mass is 16.1. The number of pyridine rings is 1. The van der Waals surface area contributed by atoms with Crippen molar-refractivity contribution >= 4 is 11.6 Å². The highest BCUT2D eigenvalue weighted by Crippen LogP contribution is 2.20. The number of benzene rings is 1. The van der Waals surface area contributed by atoms with Crippen LogP contribution in [-0.4, -0.2) is 28.4 Å².